The Balaban J connectivity index is 2.64. The third-order valence-electron chi connectivity index (χ3n) is 4.61. The zero-order valence-corrected chi connectivity index (χ0v) is 14.3. The predicted octanol–water partition coefficient (Wildman–Crippen LogP) is 5.79. The number of ether oxygens (including phenoxy) is 1. The fourth-order valence-corrected chi connectivity index (χ4v) is 3.65. The van der Waals surface area contributed by atoms with Gasteiger partial charge in [-0.25, -0.2) is 0 Å². The van der Waals surface area contributed by atoms with Gasteiger partial charge in [0.05, 0.1) is 7.11 Å². The topological polar surface area (TPSA) is 9.23 Å². The number of benzene rings is 1. The van der Waals surface area contributed by atoms with Crippen LogP contribution >= 0.6 is 0 Å². The minimum atomic E-state index is 0.146. The first-order valence-electron chi connectivity index (χ1n) is 7.94. The molecule has 0 fully saturated rings. The summed E-state index contributed by atoms with van der Waals surface area (Å²) in [7, 11) is 1.75. The largest absolute Gasteiger partial charge is 0.497 e. The average Bonchev–Trinajstić information content (AvgIpc) is 2.76. The van der Waals surface area contributed by atoms with E-state index >= 15 is 0 Å². The van der Waals surface area contributed by atoms with Gasteiger partial charge >= 0.3 is 0 Å². The highest BCUT2D eigenvalue weighted by Gasteiger charge is 2.36. The summed E-state index contributed by atoms with van der Waals surface area (Å²) in [5.74, 6) is 1.55. The molecule has 1 atom stereocenters. The maximum Gasteiger partial charge on any atom is 0.119 e. The maximum atomic E-state index is 5.48. The Bertz CT molecular complexity index is 578. The van der Waals surface area contributed by atoms with Crippen LogP contribution < -0.4 is 4.74 Å². The van der Waals surface area contributed by atoms with Crippen molar-refractivity contribution in [3.8, 4) is 5.75 Å². The van der Waals surface area contributed by atoms with E-state index in [9.17, 15) is 0 Å². The molecule has 0 saturated heterocycles. The molecule has 1 aromatic carbocycles. The van der Waals surface area contributed by atoms with E-state index in [2.05, 4.69) is 65.0 Å². The molecule has 0 bridgehead atoms. The lowest BCUT2D eigenvalue weighted by atomic mass is 9.78. The molecule has 0 radical (unpaired) electrons. The van der Waals surface area contributed by atoms with Crippen LogP contribution in [0.5, 0.6) is 5.75 Å². The number of hydrogen-bond acceptors (Lipinski definition) is 1. The first-order valence-corrected chi connectivity index (χ1v) is 7.94. The fourth-order valence-electron chi connectivity index (χ4n) is 3.65. The fraction of sp³-hybridized carbons (Fsp3) is 0.500. The molecule has 0 heterocycles. The second-order valence-electron chi connectivity index (χ2n) is 6.71. The third kappa shape index (κ3) is 3.07. The first kappa shape index (κ1) is 15.9. The highest BCUT2D eigenvalue weighted by atomic mass is 16.5. The summed E-state index contributed by atoms with van der Waals surface area (Å²) in [6.07, 6.45) is 6.96. The molecule has 1 heteroatoms. The molecule has 1 aliphatic rings. The van der Waals surface area contributed by atoms with Gasteiger partial charge in [-0.05, 0) is 61.4 Å². The minimum absolute atomic E-state index is 0.146. The zero-order valence-electron chi connectivity index (χ0n) is 14.3. The number of methoxy groups -OCH3 is 1. The van der Waals surface area contributed by atoms with E-state index in [4.69, 9.17) is 4.74 Å². The summed E-state index contributed by atoms with van der Waals surface area (Å²) in [6, 6.07) is 6.59. The average molecular weight is 284 g/mol. The number of aryl methyl sites for hydroxylation is 1. The van der Waals surface area contributed by atoms with Crippen molar-refractivity contribution in [3.63, 3.8) is 0 Å². The van der Waals surface area contributed by atoms with Crippen molar-refractivity contribution in [1.82, 2.24) is 0 Å². The van der Waals surface area contributed by atoms with Crippen molar-refractivity contribution >= 4 is 5.57 Å². The van der Waals surface area contributed by atoms with E-state index < -0.39 is 0 Å². The Morgan fingerprint density at radius 1 is 1.24 bits per heavy atom. The van der Waals surface area contributed by atoms with Crippen molar-refractivity contribution in [2.24, 2.45) is 11.3 Å². The Morgan fingerprint density at radius 3 is 2.52 bits per heavy atom. The van der Waals surface area contributed by atoms with Gasteiger partial charge in [0.25, 0.3) is 0 Å². The van der Waals surface area contributed by atoms with Gasteiger partial charge in [0, 0.05) is 5.41 Å². The summed E-state index contributed by atoms with van der Waals surface area (Å²) >= 11 is 0. The van der Waals surface area contributed by atoms with Gasteiger partial charge < -0.3 is 4.74 Å². The van der Waals surface area contributed by atoms with Gasteiger partial charge in [-0.3, -0.25) is 0 Å². The molecule has 0 aromatic heterocycles. The normalized spacial score (nSPS) is 22.6. The Labute approximate surface area is 129 Å². The van der Waals surface area contributed by atoms with Crippen LogP contribution in [0.3, 0.4) is 0 Å². The van der Waals surface area contributed by atoms with Crippen LogP contribution in [0.1, 0.15) is 51.7 Å². The van der Waals surface area contributed by atoms with Gasteiger partial charge in [0.15, 0.2) is 0 Å². The van der Waals surface area contributed by atoms with Crippen LogP contribution in [-0.2, 0) is 0 Å². The highest BCUT2D eigenvalue weighted by molar-refractivity contribution is 5.78. The van der Waals surface area contributed by atoms with E-state index in [1.807, 2.05) is 0 Å². The summed E-state index contributed by atoms with van der Waals surface area (Å²) < 4.78 is 5.48. The van der Waals surface area contributed by atoms with Gasteiger partial charge in [0.2, 0.25) is 0 Å². The third-order valence-corrected chi connectivity index (χ3v) is 4.61. The standard InChI is InChI=1S/C20H28O/c1-7-9-20(5)10-8-18(14(2)3)19(20)16-11-15(4)12-17(13-16)21-6/h7,9,11-14H,8,10H2,1-6H3/b9-7+/t20-/m1/s1. The Kier molecular flexibility index (Phi) is 4.61. The molecule has 0 spiro atoms. The molecule has 114 valence electrons. The molecule has 0 amide bonds. The van der Waals surface area contributed by atoms with Gasteiger partial charge in [0.1, 0.15) is 5.75 Å². The lowest BCUT2D eigenvalue weighted by Gasteiger charge is -2.26. The smallest absolute Gasteiger partial charge is 0.119 e. The molecule has 0 unspecified atom stereocenters. The van der Waals surface area contributed by atoms with Gasteiger partial charge in [-0.1, -0.05) is 44.6 Å². The van der Waals surface area contributed by atoms with Crippen LogP contribution in [-0.4, -0.2) is 7.11 Å². The molecular weight excluding hydrogens is 256 g/mol. The lowest BCUT2D eigenvalue weighted by molar-refractivity contribution is 0.414. The SMILES string of the molecule is C/C=C/[C@]1(C)CCC(C(C)C)=C1c1cc(C)cc(OC)c1. The maximum absolute atomic E-state index is 5.48. The van der Waals surface area contributed by atoms with Gasteiger partial charge in [-0.2, -0.15) is 0 Å². The summed E-state index contributed by atoms with van der Waals surface area (Å²) in [6.45, 7) is 11.2. The molecule has 1 aromatic rings. The number of allylic oxidation sites excluding steroid dienone is 4. The van der Waals surface area contributed by atoms with Crippen molar-refractivity contribution in [2.75, 3.05) is 7.11 Å². The van der Waals surface area contributed by atoms with E-state index in [0.717, 1.165) is 5.75 Å². The predicted molar refractivity (Wildman–Crippen MR) is 91.6 cm³/mol. The van der Waals surface area contributed by atoms with Crippen molar-refractivity contribution in [1.29, 1.82) is 0 Å². The Morgan fingerprint density at radius 2 is 1.95 bits per heavy atom. The molecule has 0 saturated carbocycles. The first-order chi connectivity index (χ1) is 9.91. The van der Waals surface area contributed by atoms with E-state index in [1.165, 1.54) is 29.5 Å². The molecule has 2 rings (SSSR count). The van der Waals surface area contributed by atoms with E-state index in [0.29, 0.717) is 5.92 Å². The summed E-state index contributed by atoms with van der Waals surface area (Å²) in [5.41, 5.74) is 5.84. The van der Waals surface area contributed by atoms with E-state index in [1.54, 1.807) is 12.7 Å². The van der Waals surface area contributed by atoms with Crippen molar-refractivity contribution in [3.05, 3.63) is 47.1 Å². The molecular formula is C20H28O. The number of hydrogen-bond donors (Lipinski definition) is 0. The monoisotopic (exact) mass is 284 g/mol. The summed E-state index contributed by atoms with van der Waals surface area (Å²) in [5, 5.41) is 0. The van der Waals surface area contributed by atoms with Crippen LogP contribution in [0.25, 0.3) is 5.57 Å². The zero-order chi connectivity index (χ0) is 15.6. The van der Waals surface area contributed by atoms with Crippen LogP contribution in [0.2, 0.25) is 0 Å². The quantitative estimate of drug-likeness (QED) is 0.636. The van der Waals surface area contributed by atoms with Crippen molar-refractivity contribution < 1.29 is 4.74 Å². The Hall–Kier alpha value is -1.50. The highest BCUT2D eigenvalue weighted by Crippen LogP contribution is 2.51. The molecule has 1 aliphatic carbocycles. The van der Waals surface area contributed by atoms with Crippen molar-refractivity contribution in [2.45, 2.75) is 47.5 Å². The molecule has 1 nitrogen and oxygen atoms in total. The second-order valence-corrected chi connectivity index (χ2v) is 6.71. The molecule has 0 aliphatic heterocycles. The molecule has 21 heavy (non-hydrogen) atoms. The lowest BCUT2D eigenvalue weighted by Crippen LogP contribution is -2.12. The van der Waals surface area contributed by atoms with Crippen LogP contribution in [0.15, 0.2) is 35.9 Å². The molecule has 0 N–H and O–H groups in total. The van der Waals surface area contributed by atoms with Crippen LogP contribution in [0, 0.1) is 18.3 Å². The minimum Gasteiger partial charge on any atom is -0.497 e. The second kappa shape index (κ2) is 6.09. The number of rotatable bonds is 4. The van der Waals surface area contributed by atoms with Crippen LogP contribution in [0.4, 0.5) is 0 Å². The van der Waals surface area contributed by atoms with Gasteiger partial charge in [-0.15, -0.1) is 0 Å². The summed E-state index contributed by atoms with van der Waals surface area (Å²) in [4.78, 5) is 0. The van der Waals surface area contributed by atoms with E-state index in [-0.39, 0.29) is 5.41 Å².